The molecule has 1 amide bonds. The first kappa shape index (κ1) is 19.3. The Morgan fingerprint density at radius 2 is 1.90 bits per heavy atom. The average Bonchev–Trinajstić information content (AvgIpc) is 3.35. The molecule has 31 heavy (non-hydrogen) atoms. The minimum absolute atomic E-state index is 0.0447. The summed E-state index contributed by atoms with van der Waals surface area (Å²) in [5, 5.41) is 8.62. The highest BCUT2D eigenvalue weighted by atomic mass is 16.6. The van der Waals surface area contributed by atoms with Gasteiger partial charge in [-0.25, -0.2) is 9.36 Å². The van der Waals surface area contributed by atoms with Gasteiger partial charge in [-0.3, -0.25) is 9.59 Å². The molecule has 0 aliphatic carbocycles. The molecule has 4 heterocycles. The second kappa shape index (κ2) is 8.25. The van der Waals surface area contributed by atoms with Gasteiger partial charge in [0.2, 0.25) is 0 Å². The summed E-state index contributed by atoms with van der Waals surface area (Å²) in [5.74, 6) is 1.98. The van der Waals surface area contributed by atoms with Crippen molar-refractivity contribution < 1.29 is 14.3 Å². The van der Waals surface area contributed by atoms with Gasteiger partial charge < -0.3 is 14.4 Å². The number of carbonyl (C=O) groups is 1. The second-order valence-electron chi connectivity index (χ2n) is 7.73. The van der Waals surface area contributed by atoms with Crippen molar-refractivity contribution in [3.05, 3.63) is 64.7 Å². The number of amides is 1. The molecule has 3 aromatic rings. The molecule has 2 aliphatic heterocycles. The number of rotatable bonds is 4. The Bertz CT molecular complexity index is 1130. The summed E-state index contributed by atoms with van der Waals surface area (Å²) in [5.41, 5.74) is 0.405. The van der Waals surface area contributed by atoms with E-state index in [1.807, 2.05) is 23.1 Å². The minimum Gasteiger partial charge on any atom is -0.486 e. The molecule has 9 heteroatoms. The van der Waals surface area contributed by atoms with Crippen LogP contribution in [0.4, 0.5) is 0 Å². The van der Waals surface area contributed by atoms with E-state index in [0.29, 0.717) is 55.7 Å². The summed E-state index contributed by atoms with van der Waals surface area (Å²) in [4.78, 5) is 27.2. The van der Waals surface area contributed by atoms with E-state index < -0.39 is 0 Å². The Balaban J connectivity index is 1.25. The van der Waals surface area contributed by atoms with E-state index >= 15 is 0 Å². The zero-order chi connectivity index (χ0) is 21.2. The predicted octanol–water partition coefficient (Wildman–Crippen LogP) is 1.75. The summed E-state index contributed by atoms with van der Waals surface area (Å²) in [6.07, 6.45) is 5.07. The monoisotopic (exact) mass is 421 g/mol. The third kappa shape index (κ3) is 3.90. The van der Waals surface area contributed by atoms with Crippen LogP contribution < -0.4 is 15.0 Å². The first-order valence-electron chi connectivity index (χ1n) is 10.4. The Morgan fingerprint density at radius 3 is 2.71 bits per heavy atom. The molecule has 0 saturated carbocycles. The molecule has 1 fully saturated rings. The molecule has 160 valence electrons. The number of likely N-dealkylation sites (tertiary alicyclic amines) is 1. The van der Waals surface area contributed by atoms with Gasteiger partial charge in [-0.05, 0) is 43.0 Å². The Morgan fingerprint density at radius 1 is 1.06 bits per heavy atom. The quantitative estimate of drug-likeness (QED) is 0.638. The van der Waals surface area contributed by atoms with Crippen molar-refractivity contribution in [3.8, 4) is 17.3 Å². The van der Waals surface area contributed by atoms with Crippen molar-refractivity contribution in [3.63, 3.8) is 0 Å². The molecule has 2 aromatic heterocycles. The molecular formula is C22H23N5O4. The molecule has 5 rings (SSSR count). The summed E-state index contributed by atoms with van der Waals surface area (Å²) in [6, 6.07) is 10.4. The smallest absolute Gasteiger partial charge is 0.266 e. The van der Waals surface area contributed by atoms with E-state index in [1.54, 1.807) is 29.2 Å². The van der Waals surface area contributed by atoms with Crippen molar-refractivity contribution in [2.24, 2.45) is 5.92 Å². The number of hydrogen-bond acceptors (Lipinski definition) is 6. The average molecular weight is 421 g/mol. The second-order valence-corrected chi connectivity index (χ2v) is 7.73. The predicted molar refractivity (Wildman–Crippen MR) is 112 cm³/mol. The lowest BCUT2D eigenvalue weighted by Crippen LogP contribution is -2.40. The number of fused-ring (bicyclic) bond motifs is 1. The van der Waals surface area contributed by atoms with Crippen LogP contribution in [-0.2, 0) is 6.54 Å². The molecule has 0 N–H and O–H groups in total. The van der Waals surface area contributed by atoms with Gasteiger partial charge in [0, 0.05) is 38.1 Å². The van der Waals surface area contributed by atoms with Crippen molar-refractivity contribution in [1.82, 2.24) is 24.5 Å². The van der Waals surface area contributed by atoms with Crippen LogP contribution in [0.15, 0.2) is 53.6 Å². The molecule has 9 nitrogen and oxygen atoms in total. The Hall–Kier alpha value is -3.62. The van der Waals surface area contributed by atoms with E-state index in [4.69, 9.17) is 9.47 Å². The highest BCUT2D eigenvalue weighted by molar-refractivity contribution is 5.98. The first-order chi connectivity index (χ1) is 15.2. The highest BCUT2D eigenvalue weighted by Crippen LogP contribution is 2.34. The van der Waals surface area contributed by atoms with Crippen LogP contribution >= 0.6 is 0 Å². The van der Waals surface area contributed by atoms with Crippen molar-refractivity contribution in [2.45, 2.75) is 19.4 Å². The normalized spacial score (nSPS) is 16.3. The molecule has 1 aromatic carbocycles. The molecule has 0 atom stereocenters. The standard InChI is InChI=1S/C22H23N5O4/c28-20-6-5-19(26-10-2-9-23-26)24-27(20)15-16-7-11-25(12-8-16)22(29)17-3-1-4-18-21(17)31-14-13-30-18/h1-6,9-10,16H,7-8,11-15H2. The number of para-hydroxylation sites is 1. The van der Waals surface area contributed by atoms with E-state index in [1.165, 1.54) is 10.7 Å². The number of benzene rings is 1. The third-order valence-electron chi connectivity index (χ3n) is 5.72. The number of carbonyl (C=O) groups excluding carboxylic acids is 1. The maximum absolute atomic E-state index is 13.1. The first-order valence-corrected chi connectivity index (χ1v) is 10.4. The fourth-order valence-electron chi connectivity index (χ4n) is 4.07. The van der Waals surface area contributed by atoms with Crippen LogP contribution in [-0.4, -0.2) is 56.7 Å². The number of aromatic nitrogens is 4. The van der Waals surface area contributed by atoms with Crippen molar-refractivity contribution >= 4 is 5.91 Å². The summed E-state index contributed by atoms with van der Waals surface area (Å²) in [6.45, 7) is 2.71. The fraction of sp³-hybridized carbons (Fsp3) is 0.364. The van der Waals surface area contributed by atoms with Gasteiger partial charge in [0.15, 0.2) is 17.3 Å². The summed E-state index contributed by atoms with van der Waals surface area (Å²) in [7, 11) is 0. The summed E-state index contributed by atoms with van der Waals surface area (Å²) < 4.78 is 14.4. The van der Waals surface area contributed by atoms with Crippen molar-refractivity contribution in [2.75, 3.05) is 26.3 Å². The maximum Gasteiger partial charge on any atom is 0.266 e. The van der Waals surface area contributed by atoms with Gasteiger partial charge in [0.05, 0.1) is 5.56 Å². The molecule has 1 saturated heterocycles. The zero-order valence-electron chi connectivity index (χ0n) is 17.0. The van der Waals surface area contributed by atoms with Gasteiger partial charge in [0.1, 0.15) is 13.2 Å². The van der Waals surface area contributed by atoms with Crippen LogP contribution in [0.25, 0.3) is 5.82 Å². The van der Waals surface area contributed by atoms with Crippen LogP contribution in [0.2, 0.25) is 0 Å². The third-order valence-corrected chi connectivity index (χ3v) is 5.72. The lowest BCUT2D eigenvalue weighted by molar-refractivity contribution is 0.0670. The van der Waals surface area contributed by atoms with E-state index in [2.05, 4.69) is 10.2 Å². The summed E-state index contributed by atoms with van der Waals surface area (Å²) >= 11 is 0. The van der Waals surface area contributed by atoms with Gasteiger partial charge in [-0.1, -0.05) is 6.07 Å². The number of piperidine rings is 1. The number of ether oxygens (including phenoxy) is 2. The lowest BCUT2D eigenvalue weighted by Gasteiger charge is -2.32. The van der Waals surface area contributed by atoms with Gasteiger partial charge in [0.25, 0.3) is 11.5 Å². The highest BCUT2D eigenvalue weighted by Gasteiger charge is 2.28. The van der Waals surface area contributed by atoms with Gasteiger partial charge in [-0.15, -0.1) is 5.10 Å². The van der Waals surface area contributed by atoms with E-state index in [0.717, 1.165) is 12.8 Å². The number of nitrogens with zero attached hydrogens (tertiary/aromatic N) is 5. The SMILES string of the molecule is O=C(c1cccc2c1OCCO2)N1CCC(Cn2nc(-n3cccn3)ccc2=O)CC1. The lowest BCUT2D eigenvalue weighted by atomic mass is 9.96. The topological polar surface area (TPSA) is 91.5 Å². The molecule has 0 unspecified atom stereocenters. The molecule has 0 spiro atoms. The van der Waals surface area contributed by atoms with Gasteiger partial charge >= 0.3 is 0 Å². The van der Waals surface area contributed by atoms with Crippen LogP contribution in [0.1, 0.15) is 23.2 Å². The Labute approximate surface area is 178 Å². The largest absolute Gasteiger partial charge is 0.486 e. The molecular weight excluding hydrogens is 398 g/mol. The zero-order valence-corrected chi connectivity index (χ0v) is 17.0. The fourth-order valence-corrected chi connectivity index (χ4v) is 4.07. The maximum atomic E-state index is 13.1. The van der Waals surface area contributed by atoms with Gasteiger partial charge in [-0.2, -0.15) is 5.10 Å². The van der Waals surface area contributed by atoms with Crippen molar-refractivity contribution in [1.29, 1.82) is 0 Å². The van der Waals surface area contributed by atoms with E-state index in [9.17, 15) is 9.59 Å². The van der Waals surface area contributed by atoms with Crippen LogP contribution in [0.5, 0.6) is 11.5 Å². The number of hydrogen-bond donors (Lipinski definition) is 0. The van der Waals surface area contributed by atoms with Crippen LogP contribution in [0.3, 0.4) is 0 Å². The molecule has 2 aliphatic rings. The molecule has 0 radical (unpaired) electrons. The Kier molecular flexibility index (Phi) is 5.15. The minimum atomic E-state index is -0.137. The van der Waals surface area contributed by atoms with Crippen LogP contribution in [0, 0.1) is 5.92 Å². The van der Waals surface area contributed by atoms with E-state index in [-0.39, 0.29) is 17.4 Å². The molecule has 0 bridgehead atoms.